The van der Waals surface area contributed by atoms with Crippen molar-refractivity contribution < 1.29 is 9.53 Å². The van der Waals surface area contributed by atoms with E-state index < -0.39 is 0 Å². The Labute approximate surface area is 119 Å². The van der Waals surface area contributed by atoms with Gasteiger partial charge in [-0.25, -0.2) is 0 Å². The number of ether oxygens (including phenoxy) is 1. The highest BCUT2D eigenvalue weighted by atomic mass is 16.5. The van der Waals surface area contributed by atoms with Crippen LogP contribution < -0.4 is 0 Å². The van der Waals surface area contributed by atoms with Crippen LogP contribution in [-0.2, 0) is 9.53 Å². The third-order valence-corrected chi connectivity index (χ3v) is 3.94. The Hall–Kier alpha value is -1.87. The molecule has 0 radical (unpaired) electrons. The molecule has 1 atom stereocenters. The molecule has 1 aliphatic rings. The van der Waals surface area contributed by atoms with Crippen molar-refractivity contribution in [3.63, 3.8) is 0 Å². The van der Waals surface area contributed by atoms with Crippen LogP contribution in [-0.4, -0.2) is 17.0 Å². The maximum absolute atomic E-state index is 11.6. The molecule has 0 aliphatic carbocycles. The molecule has 20 heavy (non-hydrogen) atoms. The summed E-state index contributed by atoms with van der Waals surface area (Å²) in [7, 11) is 0. The first-order valence-corrected chi connectivity index (χ1v) is 7.04. The first-order chi connectivity index (χ1) is 9.66. The predicted octanol–water partition coefficient (Wildman–Crippen LogP) is 3.51. The van der Waals surface area contributed by atoms with E-state index in [1.165, 1.54) is 5.69 Å². The smallest absolute Gasteiger partial charge is 0.138 e. The summed E-state index contributed by atoms with van der Waals surface area (Å²) in [5, 5.41) is 0. The van der Waals surface area contributed by atoms with Gasteiger partial charge in [-0.1, -0.05) is 18.2 Å². The van der Waals surface area contributed by atoms with Gasteiger partial charge in [0.1, 0.15) is 5.78 Å². The molecule has 0 saturated carbocycles. The van der Waals surface area contributed by atoms with Gasteiger partial charge in [-0.05, 0) is 32.0 Å². The zero-order valence-corrected chi connectivity index (χ0v) is 11.9. The van der Waals surface area contributed by atoms with Crippen LogP contribution in [0.5, 0.6) is 0 Å². The van der Waals surface area contributed by atoms with E-state index in [2.05, 4.69) is 36.6 Å². The molecule has 1 aromatic carbocycles. The molecule has 3 heteroatoms. The lowest BCUT2D eigenvalue weighted by atomic mass is 10.0. The molecule has 2 aromatic rings. The molecule has 3 nitrogen and oxygen atoms in total. The Morgan fingerprint density at radius 1 is 1.20 bits per heavy atom. The normalized spacial score (nSPS) is 19.3. The molecule has 1 unspecified atom stereocenters. The Morgan fingerprint density at radius 3 is 2.65 bits per heavy atom. The van der Waals surface area contributed by atoms with Gasteiger partial charge in [-0.2, -0.15) is 0 Å². The number of hydrogen-bond acceptors (Lipinski definition) is 2. The van der Waals surface area contributed by atoms with Gasteiger partial charge in [0, 0.05) is 35.5 Å². The lowest BCUT2D eigenvalue weighted by Crippen LogP contribution is -2.19. The SMILES string of the molecule is Cc1cc(C2CC(=O)CCO2)c(C)n1-c1ccccc1. The number of carbonyl (C=O) groups is 1. The molecule has 1 saturated heterocycles. The number of ketones is 1. The van der Waals surface area contributed by atoms with E-state index in [0.717, 1.165) is 16.9 Å². The average Bonchev–Trinajstić information content (AvgIpc) is 2.75. The van der Waals surface area contributed by atoms with Crippen LogP contribution >= 0.6 is 0 Å². The fraction of sp³-hybridized carbons (Fsp3) is 0.353. The number of rotatable bonds is 2. The van der Waals surface area contributed by atoms with Crippen LogP contribution in [0.25, 0.3) is 5.69 Å². The van der Waals surface area contributed by atoms with Crippen molar-refractivity contribution in [3.8, 4) is 5.69 Å². The van der Waals surface area contributed by atoms with Crippen molar-refractivity contribution in [2.75, 3.05) is 6.61 Å². The lowest BCUT2D eigenvalue weighted by molar-refractivity contribution is -0.128. The monoisotopic (exact) mass is 269 g/mol. The number of hydrogen-bond donors (Lipinski definition) is 0. The molecule has 0 bridgehead atoms. The zero-order valence-electron chi connectivity index (χ0n) is 11.9. The van der Waals surface area contributed by atoms with E-state index in [-0.39, 0.29) is 6.10 Å². The fourth-order valence-electron chi connectivity index (χ4n) is 2.97. The van der Waals surface area contributed by atoms with E-state index >= 15 is 0 Å². The molecule has 0 spiro atoms. The van der Waals surface area contributed by atoms with Gasteiger partial charge in [-0.15, -0.1) is 0 Å². The van der Waals surface area contributed by atoms with Gasteiger partial charge in [0.25, 0.3) is 0 Å². The minimum Gasteiger partial charge on any atom is -0.373 e. The zero-order chi connectivity index (χ0) is 14.1. The third kappa shape index (κ3) is 2.29. The van der Waals surface area contributed by atoms with E-state index in [9.17, 15) is 4.79 Å². The standard InChI is InChI=1S/C17H19NO2/c1-12-10-16(17-11-15(19)8-9-20-17)13(2)18(12)14-6-4-3-5-7-14/h3-7,10,17H,8-9,11H2,1-2H3. The van der Waals surface area contributed by atoms with Crippen LogP contribution in [0.2, 0.25) is 0 Å². The molecule has 2 heterocycles. The van der Waals surface area contributed by atoms with Crippen molar-refractivity contribution in [2.45, 2.75) is 32.8 Å². The molecule has 104 valence electrons. The topological polar surface area (TPSA) is 31.2 Å². The largest absolute Gasteiger partial charge is 0.373 e. The van der Waals surface area contributed by atoms with Crippen LogP contribution in [0.1, 0.15) is 35.9 Å². The van der Waals surface area contributed by atoms with Gasteiger partial charge >= 0.3 is 0 Å². The highest BCUT2D eigenvalue weighted by molar-refractivity contribution is 5.79. The Morgan fingerprint density at radius 2 is 1.95 bits per heavy atom. The lowest BCUT2D eigenvalue weighted by Gasteiger charge is -2.22. The van der Waals surface area contributed by atoms with Crippen molar-refractivity contribution in [2.24, 2.45) is 0 Å². The van der Waals surface area contributed by atoms with Crippen molar-refractivity contribution in [1.82, 2.24) is 4.57 Å². The van der Waals surface area contributed by atoms with E-state index in [0.29, 0.717) is 25.2 Å². The third-order valence-electron chi connectivity index (χ3n) is 3.94. The Bertz CT molecular complexity index is 628. The number of nitrogens with zero attached hydrogens (tertiary/aromatic N) is 1. The molecular weight excluding hydrogens is 250 g/mol. The maximum atomic E-state index is 11.6. The molecule has 3 rings (SSSR count). The van der Waals surface area contributed by atoms with Gasteiger partial charge in [0.05, 0.1) is 12.7 Å². The second-order valence-electron chi connectivity index (χ2n) is 5.35. The first-order valence-electron chi connectivity index (χ1n) is 7.04. The highest BCUT2D eigenvalue weighted by Crippen LogP contribution is 2.32. The summed E-state index contributed by atoms with van der Waals surface area (Å²) >= 11 is 0. The summed E-state index contributed by atoms with van der Waals surface area (Å²) in [6.07, 6.45) is 0.965. The summed E-state index contributed by atoms with van der Waals surface area (Å²) < 4.78 is 8.01. The molecule has 1 aromatic heterocycles. The van der Waals surface area contributed by atoms with Crippen molar-refractivity contribution in [1.29, 1.82) is 0 Å². The summed E-state index contributed by atoms with van der Waals surface area (Å²) in [4.78, 5) is 11.6. The highest BCUT2D eigenvalue weighted by Gasteiger charge is 2.25. The number of benzene rings is 1. The predicted molar refractivity (Wildman–Crippen MR) is 78.2 cm³/mol. The number of aryl methyl sites for hydroxylation is 1. The molecule has 0 N–H and O–H groups in total. The van der Waals surface area contributed by atoms with Gasteiger partial charge in [0.15, 0.2) is 0 Å². The quantitative estimate of drug-likeness (QED) is 0.835. The van der Waals surface area contributed by atoms with Crippen molar-refractivity contribution in [3.05, 3.63) is 53.3 Å². The Balaban J connectivity index is 2.01. The first kappa shape index (κ1) is 13.1. The second kappa shape index (κ2) is 5.25. The van der Waals surface area contributed by atoms with E-state index in [4.69, 9.17) is 4.74 Å². The van der Waals surface area contributed by atoms with Crippen LogP contribution in [0.15, 0.2) is 36.4 Å². The maximum Gasteiger partial charge on any atom is 0.138 e. The van der Waals surface area contributed by atoms with Crippen molar-refractivity contribution >= 4 is 5.78 Å². The molecule has 1 aliphatic heterocycles. The molecular formula is C17H19NO2. The fourth-order valence-corrected chi connectivity index (χ4v) is 2.97. The van der Waals surface area contributed by atoms with Crippen LogP contribution in [0.4, 0.5) is 0 Å². The second-order valence-corrected chi connectivity index (χ2v) is 5.35. The minimum atomic E-state index is -0.0834. The Kier molecular flexibility index (Phi) is 3.45. The summed E-state index contributed by atoms with van der Waals surface area (Å²) in [5.74, 6) is 0.297. The van der Waals surface area contributed by atoms with Crippen LogP contribution in [0.3, 0.4) is 0 Å². The number of Topliss-reactive ketones (excluding diaryl/α,β-unsaturated/α-hetero) is 1. The number of carbonyl (C=O) groups excluding carboxylic acids is 1. The molecule has 1 fully saturated rings. The summed E-state index contributed by atoms with van der Waals surface area (Å²) in [5.41, 5.74) is 4.62. The van der Waals surface area contributed by atoms with Gasteiger partial charge in [-0.3, -0.25) is 4.79 Å². The van der Waals surface area contributed by atoms with Gasteiger partial charge < -0.3 is 9.30 Å². The average molecular weight is 269 g/mol. The van der Waals surface area contributed by atoms with E-state index in [1.807, 2.05) is 18.2 Å². The number of para-hydroxylation sites is 1. The number of aromatic nitrogens is 1. The van der Waals surface area contributed by atoms with Crippen LogP contribution in [0, 0.1) is 13.8 Å². The minimum absolute atomic E-state index is 0.0834. The summed E-state index contributed by atoms with van der Waals surface area (Å²) in [6.45, 7) is 4.73. The van der Waals surface area contributed by atoms with Gasteiger partial charge in [0.2, 0.25) is 0 Å². The molecule has 0 amide bonds. The van der Waals surface area contributed by atoms with E-state index in [1.54, 1.807) is 0 Å². The summed E-state index contributed by atoms with van der Waals surface area (Å²) in [6, 6.07) is 12.4.